The summed E-state index contributed by atoms with van der Waals surface area (Å²) in [5, 5.41) is 6.09. The van der Waals surface area contributed by atoms with Gasteiger partial charge in [0.15, 0.2) is 0 Å². The highest BCUT2D eigenvalue weighted by Crippen LogP contribution is 2.29. The maximum atomic E-state index is 12.0. The lowest BCUT2D eigenvalue weighted by Gasteiger charge is -2.14. The van der Waals surface area contributed by atoms with E-state index in [4.69, 9.17) is 4.74 Å². The molecular formula is C15H23N3O4S. The van der Waals surface area contributed by atoms with Crippen LogP contribution in [0.25, 0.3) is 0 Å². The third-order valence-corrected chi connectivity index (χ3v) is 5.02. The van der Waals surface area contributed by atoms with Crippen LogP contribution >= 0.6 is 0 Å². The summed E-state index contributed by atoms with van der Waals surface area (Å²) in [4.78, 5) is 12.0. The number of methoxy groups -OCH3 is 1. The number of carbonyl (C=O) groups is 1. The molecule has 23 heavy (non-hydrogen) atoms. The Morgan fingerprint density at radius 1 is 1.43 bits per heavy atom. The lowest BCUT2D eigenvalue weighted by Crippen LogP contribution is -2.27. The average molecular weight is 341 g/mol. The molecule has 0 aromatic heterocycles. The topological polar surface area (TPSA) is 96.5 Å². The number of hydrogen-bond acceptors (Lipinski definition) is 5. The van der Waals surface area contributed by atoms with Crippen molar-refractivity contribution in [3.63, 3.8) is 0 Å². The molecule has 2 rings (SSSR count). The zero-order chi connectivity index (χ0) is 16.9. The van der Waals surface area contributed by atoms with Gasteiger partial charge in [-0.05, 0) is 38.4 Å². The lowest BCUT2D eigenvalue weighted by molar-refractivity contribution is -0.116. The monoisotopic (exact) mass is 341 g/mol. The van der Waals surface area contributed by atoms with Gasteiger partial charge >= 0.3 is 0 Å². The molecule has 0 saturated carbocycles. The molecule has 1 amide bonds. The van der Waals surface area contributed by atoms with E-state index < -0.39 is 10.0 Å². The Hall–Kier alpha value is -1.80. The van der Waals surface area contributed by atoms with Crippen molar-refractivity contribution in [1.29, 1.82) is 0 Å². The first-order valence-corrected chi connectivity index (χ1v) is 9.30. The van der Waals surface area contributed by atoms with Crippen LogP contribution in [0.15, 0.2) is 18.2 Å². The summed E-state index contributed by atoms with van der Waals surface area (Å²) >= 11 is 0. The molecule has 1 heterocycles. The molecule has 0 radical (unpaired) electrons. The van der Waals surface area contributed by atoms with Crippen molar-refractivity contribution >= 4 is 27.3 Å². The van der Waals surface area contributed by atoms with Crippen molar-refractivity contribution < 1.29 is 17.9 Å². The normalized spacial score (nSPS) is 17.7. The molecule has 1 aromatic rings. The number of amides is 1. The molecule has 0 aliphatic carbocycles. The fraction of sp³-hybridized carbons (Fsp3) is 0.533. The van der Waals surface area contributed by atoms with E-state index in [0.717, 1.165) is 19.4 Å². The molecule has 3 N–H and O–H groups in total. The summed E-state index contributed by atoms with van der Waals surface area (Å²) in [6.07, 6.45) is 2.53. The van der Waals surface area contributed by atoms with E-state index in [9.17, 15) is 13.2 Å². The minimum atomic E-state index is -3.38. The zero-order valence-corrected chi connectivity index (χ0v) is 14.2. The molecule has 1 saturated heterocycles. The zero-order valence-electron chi connectivity index (χ0n) is 13.4. The summed E-state index contributed by atoms with van der Waals surface area (Å²) in [5.74, 6) is 0.260. The third-order valence-electron chi connectivity index (χ3n) is 3.72. The van der Waals surface area contributed by atoms with Crippen molar-refractivity contribution in [3.8, 4) is 5.75 Å². The van der Waals surface area contributed by atoms with Crippen molar-refractivity contribution in [1.82, 2.24) is 5.32 Å². The first kappa shape index (κ1) is 17.6. The number of hydrogen-bond donors (Lipinski definition) is 3. The van der Waals surface area contributed by atoms with E-state index in [1.807, 2.05) is 0 Å². The minimum Gasteiger partial charge on any atom is -0.494 e. The highest BCUT2D eigenvalue weighted by molar-refractivity contribution is 7.92. The second-order valence-electron chi connectivity index (χ2n) is 5.47. The number of sulfonamides is 1. The Balaban J connectivity index is 2.04. The van der Waals surface area contributed by atoms with Gasteiger partial charge in [0, 0.05) is 24.2 Å². The van der Waals surface area contributed by atoms with Gasteiger partial charge in [-0.1, -0.05) is 0 Å². The van der Waals surface area contributed by atoms with E-state index in [1.165, 1.54) is 7.11 Å². The highest BCUT2D eigenvalue weighted by atomic mass is 32.2. The number of nitrogens with one attached hydrogen (secondary N) is 3. The molecule has 1 aliphatic rings. The molecular weight excluding hydrogens is 318 g/mol. The molecule has 1 fully saturated rings. The van der Waals surface area contributed by atoms with Crippen molar-refractivity contribution in [2.75, 3.05) is 29.4 Å². The Kier molecular flexibility index (Phi) is 5.84. The molecule has 0 bridgehead atoms. The van der Waals surface area contributed by atoms with E-state index in [2.05, 4.69) is 15.4 Å². The van der Waals surface area contributed by atoms with E-state index >= 15 is 0 Å². The van der Waals surface area contributed by atoms with Crippen LogP contribution in [0.4, 0.5) is 11.4 Å². The Labute approximate surface area is 136 Å². The summed E-state index contributed by atoms with van der Waals surface area (Å²) in [7, 11) is -1.93. The fourth-order valence-electron chi connectivity index (χ4n) is 2.46. The number of anilines is 2. The standard InChI is InChI=1S/C15H23N3O4S/c1-3-23(20,21)18-13-7-6-12(9-14(13)22-2)17-15(19)10-11-5-4-8-16-11/h6-7,9,11,16,18H,3-5,8,10H2,1-2H3,(H,17,19). The minimum absolute atomic E-state index is 0.0248. The Morgan fingerprint density at radius 3 is 2.83 bits per heavy atom. The number of carbonyl (C=O) groups excluding carboxylic acids is 1. The van der Waals surface area contributed by atoms with Crippen molar-refractivity contribution in [3.05, 3.63) is 18.2 Å². The smallest absolute Gasteiger partial charge is 0.232 e. The SMILES string of the molecule is CCS(=O)(=O)Nc1ccc(NC(=O)CC2CCCN2)cc1OC. The van der Waals surface area contributed by atoms with Crippen LogP contribution in [0.1, 0.15) is 26.2 Å². The van der Waals surface area contributed by atoms with Crippen LogP contribution in [0.5, 0.6) is 5.75 Å². The average Bonchev–Trinajstić information content (AvgIpc) is 3.01. The van der Waals surface area contributed by atoms with Crippen LogP contribution in [0.3, 0.4) is 0 Å². The summed E-state index contributed by atoms with van der Waals surface area (Å²) in [6.45, 7) is 2.51. The molecule has 1 aromatic carbocycles. The summed E-state index contributed by atoms with van der Waals surface area (Å²) < 4.78 is 31.0. The molecule has 1 atom stereocenters. The first-order chi connectivity index (χ1) is 10.9. The maximum absolute atomic E-state index is 12.0. The van der Waals surface area contributed by atoms with Gasteiger partial charge < -0.3 is 15.4 Å². The van der Waals surface area contributed by atoms with E-state index in [-0.39, 0.29) is 17.7 Å². The van der Waals surface area contributed by atoms with Crippen LogP contribution < -0.4 is 20.1 Å². The van der Waals surface area contributed by atoms with Crippen LogP contribution in [-0.4, -0.2) is 39.8 Å². The van der Waals surface area contributed by atoms with Gasteiger partial charge in [0.05, 0.1) is 18.6 Å². The predicted octanol–water partition coefficient (Wildman–Crippen LogP) is 1.54. The van der Waals surface area contributed by atoms with Crippen LogP contribution in [0.2, 0.25) is 0 Å². The highest BCUT2D eigenvalue weighted by Gasteiger charge is 2.18. The van der Waals surface area contributed by atoms with Gasteiger partial charge in [-0.2, -0.15) is 0 Å². The van der Waals surface area contributed by atoms with Crippen molar-refractivity contribution in [2.45, 2.75) is 32.2 Å². The molecule has 0 spiro atoms. The predicted molar refractivity (Wildman–Crippen MR) is 90.3 cm³/mol. The Morgan fingerprint density at radius 2 is 2.22 bits per heavy atom. The molecule has 128 valence electrons. The fourth-order valence-corrected chi connectivity index (χ4v) is 3.11. The molecule has 7 nitrogen and oxygen atoms in total. The first-order valence-electron chi connectivity index (χ1n) is 7.65. The van der Waals surface area contributed by atoms with Gasteiger partial charge in [0.2, 0.25) is 15.9 Å². The largest absolute Gasteiger partial charge is 0.494 e. The number of rotatable bonds is 7. The second kappa shape index (κ2) is 7.65. The van der Waals surface area contributed by atoms with Crippen molar-refractivity contribution in [2.24, 2.45) is 0 Å². The quantitative estimate of drug-likeness (QED) is 0.699. The summed E-state index contributed by atoms with van der Waals surface area (Å²) in [5.41, 5.74) is 0.925. The molecule has 1 unspecified atom stereocenters. The third kappa shape index (κ3) is 5.11. The molecule has 1 aliphatic heterocycles. The van der Waals surface area contributed by atoms with Gasteiger partial charge in [0.1, 0.15) is 5.75 Å². The maximum Gasteiger partial charge on any atom is 0.232 e. The van der Waals surface area contributed by atoms with Gasteiger partial charge in [-0.3, -0.25) is 9.52 Å². The number of ether oxygens (including phenoxy) is 1. The number of benzene rings is 1. The van der Waals surface area contributed by atoms with Crippen LogP contribution in [0, 0.1) is 0 Å². The van der Waals surface area contributed by atoms with E-state index in [0.29, 0.717) is 23.5 Å². The lowest BCUT2D eigenvalue weighted by atomic mass is 10.1. The van der Waals surface area contributed by atoms with Gasteiger partial charge in [-0.15, -0.1) is 0 Å². The molecule has 8 heteroatoms. The Bertz CT molecular complexity index is 655. The second-order valence-corrected chi connectivity index (χ2v) is 7.48. The van der Waals surface area contributed by atoms with Gasteiger partial charge in [-0.25, -0.2) is 8.42 Å². The van der Waals surface area contributed by atoms with E-state index in [1.54, 1.807) is 25.1 Å². The van der Waals surface area contributed by atoms with Gasteiger partial charge in [0.25, 0.3) is 0 Å². The van der Waals surface area contributed by atoms with Crippen LogP contribution in [-0.2, 0) is 14.8 Å². The summed E-state index contributed by atoms with van der Waals surface area (Å²) in [6, 6.07) is 5.06.